The Balaban J connectivity index is 2.21. The first-order valence-corrected chi connectivity index (χ1v) is 6.37. The molecule has 0 atom stereocenters. The Labute approximate surface area is 114 Å². The average Bonchev–Trinajstić information content (AvgIpc) is 2.70. The summed E-state index contributed by atoms with van der Waals surface area (Å²) in [4.78, 5) is 11.8. The van der Waals surface area contributed by atoms with E-state index >= 15 is 0 Å². The van der Waals surface area contributed by atoms with Crippen molar-refractivity contribution in [2.45, 2.75) is 6.42 Å². The molecule has 17 heavy (non-hydrogen) atoms. The van der Waals surface area contributed by atoms with Crippen LogP contribution in [0, 0.1) is 5.82 Å². The number of halogens is 3. The highest BCUT2D eigenvalue weighted by Crippen LogP contribution is 2.21. The molecule has 0 aliphatic carbocycles. The lowest BCUT2D eigenvalue weighted by molar-refractivity contribution is 0.0965. The molecule has 1 heterocycles. The van der Waals surface area contributed by atoms with Gasteiger partial charge < -0.3 is 4.42 Å². The summed E-state index contributed by atoms with van der Waals surface area (Å²) < 4.78 is 19.4. The molecule has 2 rings (SSSR count). The second-order valence-electron chi connectivity index (χ2n) is 3.44. The van der Waals surface area contributed by atoms with Crippen LogP contribution in [0.4, 0.5) is 4.39 Å². The van der Waals surface area contributed by atoms with Crippen LogP contribution in [-0.2, 0) is 6.42 Å². The lowest BCUT2D eigenvalue weighted by atomic mass is 10.1. The lowest BCUT2D eigenvalue weighted by Crippen LogP contribution is -2.03. The molecule has 5 heteroatoms. The molecule has 0 radical (unpaired) electrons. The number of benzene rings is 1. The molecular formula is C12H7Br2FO2. The van der Waals surface area contributed by atoms with E-state index in [1.54, 1.807) is 18.2 Å². The molecule has 0 saturated carbocycles. The molecule has 88 valence electrons. The van der Waals surface area contributed by atoms with E-state index in [2.05, 4.69) is 31.9 Å². The van der Waals surface area contributed by atoms with Gasteiger partial charge in [-0.25, -0.2) is 4.39 Å². The van der Waals surface area contributed by atoms with E-state index < -0.39 is 0 Å². The van der Waals surface area contributed by atoms with E-state index in [4.69, 9.17) is 4.42 Å². The molecule has 1 aromatic carbocycles. The van der Waals surface area contributed by atoms with Crippen molar-refractivity contribution in [3.8, 4) is 0 Å². The monoisotopic (exact) mass is 360 g/mol. The van der Waals surface area contributed by atoms with E-state index in [0.717, 1.165) is 0 Å². The minimum absolute atomic E-state index is 0.0955. The minimum atomic E-state index is -0.364. The predicted octanol–water partition coefficient (Wildman–Crippen LogP) is 4.37. The Morgan fingerprint density at radius 1 is 1.24 bits per heavy atom. The lowest BCUT2D eigenvalue weighted by Gasteiger charge is -2.02. The van der Waals surface area contributed by atoms with E-state index in [9.17, 15) is 9.18 Å². The first kappa shape index (κ1) is 12.5. The van der Waals surface area contributed by atoms with Gasteiger partial charge in [0.1, 0.15) is 5.82 Å². The zero-order valence-electron chi connectivity index (χ0n) is 8.54. The summed E-state index contributed by atoms with van der Waals surface area (Å²) in [7, 11) is 0. The Morgan fingerprint density at radius 3 is 2.65 bits per heavy atom. The molecule has 0 aliphatic heterocycles. The van der Waals surface area contributed by atoms with Crippen molar-refractivity contribution in [2.24, 2.45) is 0 Å². The summed E-state index contributed by atoms with van der Waals surface area (Å²) in [6, 6.07) is 7.48. The number of furan rings is 1. The van der Waals surface area contributed by atoms with Crippen LogP contribution >= 0.6 is 31.9 Å². The normalized spacial score (nSPS) is 10.5. The van der Waals surface area contributed by atoms with Crippen molar-refractivity contribution in [3.05, 3.63) is 56.6 Å². The largest absolute Gasteiger partial charge is 0.446 e. The number of ketones is 1. The van der Waals surface area contributed by atoms with Crippen molar-refractivity contribution < 1.29 is 13.6 Å². The van der Waals surface area contributed by atoms with Gasteiger partial charge in [0.15, 0.2) is 10.4 Å². The summed E-state index contributed by atoms with van der Waals surface area (Å²) in [5.74, 6) is -0.299. The molecule has 2 aromatic rings. The average molecular weight is 362 g/mol. The Morgan fingerprint density at radius 2 is 2.00 bits per heavy atom. The third kappa shape index (κ3) is 3.04. The topological polar surface area (TPSA) is 30.2 Å². The van der Waals surface area contributed by atoms with Crippen molar-refractivity contribution in [3.63, 3.8) is 0 Å². The molecule has 0 amide bonds. The standard InChI is InChI=1S/C12H7Br2FO2/c13-9-2-1-8(15)5-7(9)6-10(16)11-3-4-12(14)17-11/h1-5H,6H2. The molecule has 0 spiro atoms. The molecule has 0 unspecified atom stereocenters. The van der Waals surface area contributed by atoms with Crippen molar-refractivity contribution >= 4 is 37.6 Å². The summed E-state index contributed by atoms with van der Waals surface area (Å²) in [5, 5.41) is 0. The molecule has 0 saturated heterocycles. The van der Waals surface area contributed by atoms with E-state index in [1.165, 1.54) is 12.1 Å². The number of rotatable bonds is 3. The highest BCUT2D eigenvalue weighted by atomic mass is 79.9. The van der Waals surface area contributed by atoms with Gasteiger partial charge in [-0.2, -0.15) is 0 Å². The first-order valence-electron chi connectivity index (χ1n) is 4.79. The molecule has 0 aliphatic rings. The second kappa shape index (κ2) is 5.14. The van der Waals surface area contributed by atoms with E-state index in [0.29, 0.717) is 14.7 Å². The second-order valence-corrected chi connectivity index (χ2v) is 5.08. The Kier molecular flexibility index (Phi) is 3.79. The maximum absolute atomic E-state index is 13.0. The zero-order chi connectivity index (χ0) is 12.4. The molecule has 2 nitrogen and oxygen atoms in total. The van der Waals surface area contributed by atoms with Crippen LogP contribution < -0.4 is 0 Å². The summed E-state index contributed by atoms with van der Waals surface area (Å²) >= 11 is 6.40. The molecule has 0 N–H and O–H groups in total. The SMILES string of the molecule is O=C(Cc1cc(F)ccc1Br)c1ccc(Br)o1. The zero-order valence-corrected chi connectivity index (χ0v) is 11.7. The fourth-order valence-corrected chi connectivity index (χ4v) is 2.10. The van der Waals surface area contributed by atoms with Crippen LogP contribution in [0.1, 0.15) is 16.1 Å². The fraction of sp³-hybridized carbons (Fsp3) is 0.0833. The quantitative estimate of drug-likeness (QED) is 0.760. The first-order chi connectivity index (χ1) is 8.06. The third-order valence-electron chi connectivity index (χ3n) is 2.21. The van der Waals surface area contributed by atoms with Gasteiger partial charge in [0, 0.05) is 10.9 Å². The van der Waals surface area contributed by atoms with Crippen LogP contribution in [0.15, 0.2) is 43.9 Å². The molecule has 0 bridgehead atoms. The summed E-state index contributed by atoms with van der Waals surface area (Å²) in [6.45, 7) is 0. The molecule has 0 fully saturated rings. The van der Waals surface area contributed by atoms with E-state index in [-0.39, 0.29) is 23.8 Å². The summed E-state index contributed by atoms with van der Waals surface area (Å²) in [6.07, 6.45) is 0.0955. The number of Topliss-reactive ketones (excluding diaryl/α,β-unsaturated/α-hetero) is 1. The Bertz CT molecular complexity index is 563. The van der Waals surface area contributed by atoms with Crippen molar-refractivity contribution in [1.82, 2.24) is 0 Å². The minimum Gasteiger partial charge on any atom is -0.446 e. The van der Waals surface area contributed by atoms with Gasteiger partial charge in [0.25, 0.3) is 0 Å². The van der Waals surface area contributed by atoms with Crippen molar-refractivity contribution in [1.29, 1.82) is 0 Å². The maximum atomic E-state index is 13.0. The summed E-state index contributed by atoms with van der Waals surface area (Å²) in [5.41, 5.74) is 0.600. The molecular weight excluding hydrogens is 355 g/mol. The Hall–Kier alpha value is -0.940. The van der Waals surface area contributed by atoms with Crippen LogP contribution in [0.2, 0.25) is 0 Å². The molecule has 1 aromatic heterocycles. The van der Waals surface area contributed by atoms with Crippen LogP contribution in [0.3, 0.4) is 0 Å². The van der Waals surface area contributed by atoms with Crippen LogP contribution in [0.5, 0.6) is 0 Å². The number of hydrogen-bond acceptors (Lipinski definition) is 2. The highest BCUT2D eigenvalue weighted by Gasteiger charge is 2.13. The number of hydrogen-bond donors (Lipinski definition) is 0. The van der Waals surface area contributed by atoms with Gasteiger partial charge in [0.05, 0.1) is 0 Å². The van der Waals surface area contributed by atoms with Crippen LogP contribution in [0.25, 0.3) is 0 Å². The van der Waals surface area contributed by atoms with Gasteiger partial charge in [0.2, 0.25) is 5.78 Å². The number of carbonyl (C=O) groups excluding carboxylic acids is 1. The van der Waals surface area contributed by atoms with Gasteiger partial charge in [-0.15, -0.1) is 0 Å². The van der Waals surface area contributed by atoms with Crippen molar-refractivity contribution in [2.75, 3.05) is 0 Å². The fourth-order valence-electron chi connectivity index (χ4n) is 1.40. The van der Waals surface area contributed by atoms with Gasteiger partial charge in [-0.3, -0.25) is 4.79 Å². The third-order valence-corrected chi connectivity index (χ3v) is 3.41. The van der Waals surface area contributed by atoms with Crippen LogP contribution in [-0.4, -0.2) is 5.78 Å². The van der Waals surface area contributed by atoms with Gasteiger partial charge in [-0.1, -0.05) is 15.9 Å². The van der Waals surface area contributed by atoms with Gasteiger partial charge in [-0.05, 0) is 51.8 Å². The van der Waals surface area contributed by atoms with Gasteiger partial charge >= 0.3 is 0 Å². The van der Waals surface area contributed by atoms with E-state index in [1.807, 2.05) is 0 Å². The maximum Gasteiger partial charge on any atom is 0.202 e. The smallest absolute Gasteiger partial charge is 0.202 e. The number of carbonyl (C=O) groups is 1. The predicted molar refractivity (Wildman–Crippen MR) is 68.5 cm³/mol. The highest BCUT2D eigenvalue weighted by molar-refractivity contribution is 9.10.